The van der Waals surface area contributed by atoms with E-state index in [1.54, 1.807) is 12.1 Å². The van der Waals surface area contributed by atoms with Gasteiger partial charge in [0.2, 0.25) is 5.91 Å². The highest BCUT2D eigenvalue weighted by molar-refractivity contribution is 6.30. The summed E-state index contributed by atoms with van der Waals surface area (Å²) in [6, 6.07) is 17.5. The van der Waals surface area contributed by atoms with E-state index in [-0.39, 0.29) is 11.8 Å². The van der Waals surface area contributed by atoms with E-state index in [0.717, 1.165) is 12.0 Å². The Hall–Kier alpha value is -2.66. The number of benzene rings is 2. The van der Waals surface area contributed by atoms with E-state index in [1.807, 2.05) is 35.2 Å². The predicted molar refractivity (Wildman–Crippen MR) is 98.8 cm³/mol. The molecule has 0 aliphatic carbocycles. The first-order valence-corrected chi connectivity index (χ1v) is 8.98. The Kier molecular flexibility index (Phi) is 4.71. The zero-order valence-corrected chi connectivity index (χ0v) is 14.9. The SMILES string of the molecule is O=C1CC(c2noc(-c3cccc(Cl)c3)n2)CN1CCc1ccccc1. The van der Waals surface area contributed by atoms with Crippen molar-refractivity contribution in [3.63, 3.8) is 0 Å². The minimum absolute atomic E-state index is 0.0324. The third kappa shape index (κ3) is 3.63. The molecule has 1 saturated heterocycles. The van der Waals surface area contributed by atoms with Gasteiger partial charge in [0.15, 0.2) is 5.82 Å². The van der Waals surface area contributed by atoms with Gasteiger partial charge in [0, 0.05) is 36.0 Å². The summed E-state index contributed by atoms with van der Waals surface area (Å²) in [6.07, 6.45) is 1.27. The number of rotatable bonds is 5. The van der Waals surface area contributed by atoms with Crippen LogP contribution in [-0.2, 0) is 11.2 Å². The summed E-state index contributed by atoms with van der Waals surface area (Å²) in [5.41, 5.74) is 2.01. The Bertz CT molecular complexity index is 910. The highest BCUT2D eigenvalue weighted by atomic mass is 35.5. The number of hydrogen-bond donors (Lipinski definition) is 0. The molecule has 1 aromatic heterocycles. The molecule has 0 bridgehead atoms. The van der Waals surface area contributed by atoms with Crippen molar-refractivity contribution >= 4 is 17.5 Å². The predicted octanol–water partition coefficient (Wildman–Crippen LogP) is 3.95. The van der Waals surface area contributed by atoms with Gasteiger partial charge in [0.25, 0.3) is 5.89 Å². The number of likely N-dealkylation sites (tertiary alicyclic amines) is 1. The summed E-state index contributed by atoms with van der Waals surface area (Å²) in [4.78, 5) is 18.7. The molecule has 4 rings (SSSR count). The normalized spacial score (nSPS) is 17.0. The third-order valence-electron chi connectivity index (χ3n) is 4.61. The Morgan fingerprint density at radius 2 is 2.00 bits per heavy atom. The summed E-state index contributed by atoms with van der Waals surface area (Å²) in [7, 11) is 0. The van der Waals surface area contributed by atoms with Crippen molar-refractivity contribution in [1.29, 1.82) is 0 Å². The molecule has 1 aliphatic heterocycles. The maximum Gasteiger partial charge on any atom is 0.257 e. The maximum absolute atomic E-state index is 12.3. The van der Waals surface area contributed by atoms with Crippen LogP contribution in [0.5, 0.6) is 0 Å². The lowest BCUT2D eigenvalue weighted by atomic mass is 10.1. The fourth-order valence-corrected chi connectivity index (χ4v) is 3.40. The zero-order valence-electron chi connectivity index (χ0n) is 14.1. The molecule has 3 aromatic rings. The lowest BCUT2D eigenvalue weighted by Gasteiger charge is -2.15. The van der Waals surface area contributed by atoms with E-state index in [4.69, 9.17) is 16.1 Å². The molecule has 0 radical (unpaired) electrons. The monoisotopic (exact) mass is 367 g/mol. The number of nitrogens with zero attached hydrogens (tertiary/aromatic N) is 3. The van der Waals surface area contributed by atoms with Gasteiger partial charge in [-0.1, -0.05) is 53.2 Å². The van der Waals surface area contributed by atoms with E-state index in [9.17, 15) is 4.79 Å². The number of halogens is 1. The van der Waals surface area contributed by atoms with Gasteiger partial charge < -0.3 is 9.42 Å². The average Bonchev–Trinajstić information content (AvgIpc) is 3.28. The van der Waals surface area contributed by atoms with Crippen molar-refractivity contribution < 1.29 is 9.32 Å². The van der Waals surface area contributed by atoms with E-state index in [1.165, 1.54) is 5.56 Å². The van der Waals surface area contributed by atoms with Crippen molar-refractivity contribution in [3.05, 3.63) is 71.0 Å². The van der Waals surface area contributed by atoms with Crippen molar-refractivity contribution in [1.82, 2.24) is 15.0 Å². The smallest absolute Gasteiger partial charge is 0.257 e. The largest absolute Gasteiger partial charge is 0.342 e. The molecule has 0 spiro atoms. The Labute approximate surface area is 156 Å². The van der Waals surface area contributed by atoms with Crippen LogP contribution >= 0.6 is 11.6 Å². The molecular weight excluding hydrogens is 350 g/mol. The molecule has 0 saturated carbocycles. The summed E-state index contributed by atoms with van der Waals surface area (Å²) in [5, 5.41) is 4.70. The number of hydrogen-bond acceptors (Lipinski definition) is 4. The van der Waals surface area contributed by atoms with Crippen LogP contribution in [0, 0.1) is 0 Å². The van der Waals surface area contributed by atoms with Crippen LogP contribution in [0.1, 0.15) is 23.7 Å². The first-order chi connectivity index (χ1) is 12.7. The minimum atomic E-state index is -0.0324. The first-order valence-electron chi connectivity index (χ1n) is 8.60. The average molecular weight is 368 g/mol. The van der Waals surface area contributed by atoms with Crippen LogP contribution in [0.15, 0.2) is 59.1 Å². The molecule has 132 valence electrons. The molecule has 1 atom stereocenters. The van der Waals surface area contributed by atoms with Crippen LogP contribution < -0.4 is 0 Å². The molecule has 1 unspecified atom stereocenters. The highest BCUT2D eigenvalue weighted by Gasteiger charge is 2.33. The molecule has 1 fully saturated rings. The molecular formula is C20H18ClN3O2. The lowest BCUT2D eigenvalue weighted by molar-refractivity contribution is -0.127. The Morgan fingerprint density at radius 1 is 1.15 bits per heavy atom. The van der Waals surface area contributed by atoms with Gasteiger partial charge in [-0.2, -0.15) is 4.98 Å². The highest BCUT2D eigenvalue weighted by Crippen LogP contribution is 2.29. The van der Waals surface area contributed by atoms with Crippen molar-refractivity contribution in [3.8, 4) is 11.5 Å². The second-order valence-electron chi connectivity index (χ2n) is 6.44. The zero-order chi connectivity index (χ0) is 17.9. The van der Waals surface area contributed by atoms with Gasteiger partial charge in [-0.3, -0.25) is 4.79 Å². The van der Waals surface area contributed by atoms with Crippen LogP contribution in [0.2, 0.25) is 5.02 Å². The maximum atomic E-state index is 12.3. The van der Waals surface area contributed by atoms with Gasteiger partial charge >= 0.3 is 0 Å². The minimum Gasteiger partial charge on any atom is -0.342 e. The summed E-state index contributed by atoms with van der Waals surface area (Å²) in [6.45, 7) is 1.33. The van der Waals surface area contributed by atoms with Crippen LogP contribution in [0.25, 0.3) is 11.5 Å². The third-order valence-corrected chi connectivity index (χ3v) is 4.84. The summed E-state index contributed by atoms with van der Waals surface area (Å²) < 4.78 is 5.37. The molecule has 6 heteroatoms. The molecule has 26 heavy (non-hydrogen) atoms. The van der Waals surface area contributed by atoms with Gasteiger partial charge in [0.1, 0.15) is 0 Å². The lowest BCUT2D eigenvalue weighted by Crippen LogP contribution is -2.27. The Balaban J connectivity index is 1.42. The van der Waals surface area contributed by atoms with Gasteiger partial charge in [-0.15, -0.1) is 0 Å². The fourth-order valence-electron chi connectivity index (χ4n) is 3.21. The van der Waals surface area contributed by atoms with Crippen LogP contribution in [0.3, 0.4) is 0 Å². The number of carbonyl (C=O) groups excluding carboxylic acids is 1. The fraction of sp³-hybridized carbons (Fsp3) is 0.250. The van der Waals surface area contributed by atoms with Gasteiger partial charge in [-0.25, -0.2) is 0 Å². The quantitative estimate of drug-likeness (QED) is 0.685. The standard InChI is InChI=1S/C20H18ClN3O2/c21-17-8-4-7-15(11-17)20-22-19(23-26-20)16-12-18(25)24(13-16)10-9-14-5-2-1-3-6-14/h1-8,11,16H,9-10,12-13H2. The second kappa shape index (κ2) is 7.30. The molecule has 0 N–H and O–H groups in total. The summed E-state index contributed by atoms with van der Waals surface area (Å²) >= 11 is 6.01. The summed E-state index contributed by atoms with van der Waals surface area (Å²) in [5.74, 6) is 1.11. The van der Waals surface area contributed by atoms with E-state index in [2.05, 4.69) is 22.3 Å². The molecule has 5 nitrogen and oxygen atoms in total. The van der Waals surface area contributed by atoms with Crippen LogP contribution in [0.4, 0.5) is 0 Å². The van der Waals surface area contributed by atoms with Crippen molar-refractivity contribution in [2.75, 3.05) is 13.1 Å². The molecule has 1 amide bonds. The van der Waals surface area contributed by atoms with E-state index >= 15 is 0 Å². The number of amides is 1. The second-order valence-corrected chi connectivity index (χ2v) is 6.88. The molecule has 2 heterocycles. The van der Waals surface area contributed by atoms with Gasteiger partial charge in [-0.05, 0) is 30.2 Å². The van der Waals surface area contributed by atoms with E-state index in [0.29, 0.717) is 36.2 Å². The first kappa shape index (κ1) is 16.8. The molecule has 1 aliphatic rings. The number of aromatic nitrogens is 2. The van der Waals surface area contributed by atoms with E-state index < -0.39 is 0 Å². The van der Waals surface area contributed by atoms with Crippen LogP contribution in [-0.4, -0.2) is 34.0 Å². The Morgan fingerprint density at radius 3 is 2.81 bits per heavy atom. The van der Waals surface area contributed by atoms with Crippen molar-refractivity contribution in [2.24, 2.45) is 0 Å². The van der Waals surface area contributed by atoms with Crippen molar-refractivity contribution in [2.45, 2.75) is 18.8 Å². The van der Waals surface area contributed by atoms with Gasteiger partial charge in [0.05, 0.1) is 0 Å². The number of carbonyl (C=O) groups is 1. The topological polar surface area (TPSA) is 59.2 Å². The molecule has 2 aromatic carbocycles.